The third-order valence-electron chi connectivity index (χ3n) is 3.18. The van der Waals surface area contributed by atoms with E-state index in [0.29, 0.717) is 6.04 Å². The van der Waals surface area contributed by atoms with Crippen molar-refractivity contribution in [3.8, 4) is 0 Å². The topological polar surface area (TPSA) is 28.2 Å². The highest BCUT2D eigenvalue weighted by molar-refractivity contribution is 6.30. The molecule has 1 heterocycles. The van der Waals surface area contributed by atoms with Crippen molar-refractivity contribution in [1.29, 1.82) is 0 Å². The first kappa shape index (κ1) is 15.8. The van der Waals surface area contributed by atoms with Crippen molar-refractivity contribution in [2.45, 2.75) is 33.0 Å². The van der Waals surface area contributed by atoms with Gasteiger partial charge in [0.2, 0.25) is 0 Å². The van der Waals surface area contributed by atoms with Gasteiger partial charge in [-0.2, -0.15) is 0 Å². The van der Waals surface area contributed by atoms with Crippen LogP contribution < -0.4 is 10.2 Å². The lowest BCUT2D eigenvalue weighted by Crippen LogP contribution is -2.23. The molecule has 0 fully saturated rings. The summed E-state index contributed by atoms with van der Waals surface area (Å²) in [5.41, 5.74) is 2.23. The van der Waals surface area contributed by atoms with E-state index in [1.165, 1.54) is 5.56 Å². The molecule has 21 heavy (non-hydrogen) atoms. The molecular formula is C17H22ClN3. The number of rotatable bonds is 6. The molecule has 0 atom stereocenters. The van der Waals surface area contributed by atoms with Crippen LogP contribution in [0.1, 0.15) is 25.1 Å². The minimum Gasteiger partial charge on any atom is -0.355 e. The van der Waals surface area contributed by atoms with E-state index in [0.717, 1.165) is 29.6 Å². The Labute approximate surface area is 132 Å². The molecule has 0 aliphatic rings. The largest absolute Gasteiger partial charge is 0.355 e. The van der Waals surface area contributed by atoms with Gasteiger partial charge < -0.3 is 10.2 Å². The second-order valence-corrected chi connectivity index (χ2v) is 5.95. The van der Waals surface area contributed by atoms with Crippen molar-refractivity contribution in [3.05, 3.63) is 58.7 Å². The predicted octanol–water partition coefficient (Wildman–Crippen LogP) is 3.87. The summed E-state index contributed by atoms with van der Waals surface area (Å²) in [5, 5.41) is 4.15. The lowest BCUT2D eigenvalue weighted by molar-refractivity contribution is 0.581. The van der Waals surface area contributed by atoms with Crippen LogP contribution in [0.3, 0.4) is 0 Å². The van der Waals surface area contributed by atoms with Crippen LogP contribution in [-0.2, 0) is 13.1 Å². The van der Waals surface area contributed by atoms with E-state index in [4.69, 9.17) is 16.6 Å². The Hall–Kier alpha value is -1.58. The minimum atomic E-state index is 0.458. The van der Waals surface area contributed by atoms with Gasteiger partial charge in [0.25, 0.3) is 0 Å². The predicted molar refractivity (Wildman–Crippen MR) is 89.8 cm³/mol. The quantitative estimate of drug-likeness (QED) is 0.878. The molecule has 0 saturated carbocycles. The zero-order chi connectivity index (χ0) is 15.2. The standard InChI is InChI=1S/C17H22ClN3/c1-13(2)19-11-16-8-5-9-17(20-16)21(3)12-14-6-4-7-15(18)10-14/h4-10,13,19H,11-12H2,1-3H3. The van der Waals surface area contributed by atoms with E-state index in [2.05, 4.69) is 30.1 Å². The molecule has 3 nitrogen and oxygen atoms in total. The Kier molecular flexibility index (Phi) is 5.59. The van der Waals surface area contributed by atoms with Crippen LogP contribution in [0.5, 0.6) is 0 Å². The number of anilines is 1. The van der Waals surface area contributed by atoms with Gasteiger partial charge in [-0.05, 0) is 29.8 Å². The number of pyridine rings is 1. The van der Waals surface area contributed by atoms with Crippen molar-refractivity contribution in [3.63, 3.8) is 0 Å². The van der Waals surface area contributed by atoms with Crippen LogP contribution >= 0.6 is 11.6 Å². The maximum absolute atomic E-state index is 6.03. The number of hydrogen-bond acceptors (Lipinski definition) is 3. The summed E-state index contributed by atoms with van der Waals surface area (Å²) in [6.45, 7) is 5.84. The second kappa shape index (κ2) is 7.43. The molecule has 0 spiro atoms. The highest BCUT2D eigenvalue weighted by atomic mass is 35.5. The molecule has 0 bridgehead atoms. The number of halogens is 1. The minimum absolute atomic E-state index is 0.458. The average molecular weight is 304 g/mol. The Morgan fingerprint density at radius 3 is 2.67 bits per heavy atom. The first-order valence-electron chi connectivity index (χ1n) is 7.19. The number of nitrogens with one attached hydrogen (secondary N) is 1. The monoisotopic (exact) mass is 303 g/mol. The SMILES string of the molecule is CC(C)NCc1cccc(N(C)Cc2cccc(Cl)c2)n1. The number of nitrogens with zero attached hydrogens (tertiary/aromatic N) is 2. The Bertz CT molecular complexity index is 584. The maximum Gasteiger partial charge on any atom is 0.128 e. The van der Waals surface area contributed by atoms with Crippen molar-refractivity contribution >= 4 is 17.4 Å². The van der Waals surface area contributed by atoms with E-state index in [9.17, 15) is 0 Å². The summed E-state index contributed by atoms with van der Waals surface area (Å²) >= 11 is 6.03. The molecule has 0 amide bonds. The fraction of sp³-hybridized carbons (Fsp3) is 0.353. The van der Waals surface area contributed by atoms with Crippen LogP contribution in [0.4, 0.5) is 5.82 Å². The van der Waals surface area contributed by atoms with Gasteiger partial charge in [-0.25, -0.2) is 4.98 Å². The van der Waals surface area contributed by atoms with Gasteiger partial charge in [0.1, 0.15) is 5.82 Å². The van der Waals surface area contributed by atoms with E-state index in [1.54, 1.807) is 0 Å². The lowest BCUT2D eigenvalue weighted by atomic mass is 10.2. The van der Waals surface area contributed by atoms with Crippen LogP contribution in [-0.4, -0.2) is 18.1 Å². The molecule has 112 valence electrons. The number of hydrogen-bond donors (Lipinski definition) is 1. The van der Waals surface area contributed by atoms with Crippen molar-refractivity contribution < 1.29 is 0 Å². The molecule has 1 N–H and O–H groups in total. The van der Waals surface area contributed by atoms with Crippen LogP contribution in [0.25, 0.3) is 0 Å². The average Bonchev–Trinajstić information content (AvgIpc) is 2.45. The van der Waals surface area contributed by atoms with Crippen molar-refractivity contribution in [1.82, 2.24) is 10.3 Å². The molecule has 2 aromatic rings. The fourth-order valence-electron chi connectivity index (χ4n) is 2.08. The van der Waals surface area contributed by atoms with Gasteiger partial charge in [-0.3, -0.25) is 0 Å². The number of benzene rings is 1. The third kappa shape index (κ3) is 5.03. The maximum atomic E-state index is 6.03. The second-order valence-electron chi connectivity index (χ2n) is 5.51. The summed E-state index contributed by atoms with van der Waals surface area (Å²) in [6.07, 6.45) is 0. The van der Waals surface area contributed by atoms with Crippen LogP contribution in [0.15, 0.2) is 42.5 Å². The zero-order valence-electron chi connectivity index (χ0n) is 12.8. The summed E-state index contributed by atoms with van der Waals surface area (Å²) in [7, 11) is 2.04. The van der Waals surface area contributed by atoms with Gasteiger partial charge >= 0.3 is 0 Å². The Morgan fingerprint density at radius 1 is 1.19 bits per heavy atom. The highest BCUT2D eigenvalue weighted by Gasteiger charge is 2.05. The van der Waals surface area contributed by atoms with Crippen LogP contribution in [0, 0.1) is 0 Å². The van der Waals surface area contributed by atoms with Gasteiger partial charge in [-0.1, -0.05) is 43.6 Å². The summed E-state index contributed by atoms with van der Waals surface area (Å²) in [6, 6.07) is 14.5. The smallest absolute Gasteiger partial charge is 0.128 e. The molecular weight excluding hydrogens is 282 g/mol. The van der Waals surface area contributed by atoms with Crippen LogP contribution in [0.2, 0.25) is 5.02 Å². The summed E-state index contributed by atoms with van der Waals surface area (Å²) in [5.74, 6) is 0.970. The van der Waals surface area contributed by atoms with Gasteiger partial charge in [-0.15, -0.1) is 0 Å². The lowest BCUT2D eigenvalue weighted by Gasteiger charge is -2.19. The summed E-state index contributed by atoms with van der Waals surface area (Å²) < 4.78 is 0. The van der Waals surface area contributed by atoms with E-state index in [1.807, 2.05) is 43.4 Å². The molecule has 0 radical (unpaired) electrons. The molecule has 2 rings (SSSR count). The highest BCUT2D eigenvalue weighted by Crippen LogP contribution is 2.16. The van der Waals surface area contributed by atoms with Gasteiger partial charge in [0.05, 0.1) is 5.69 Å². The Balaban J connectivity index is 2.05. The van der Waals surface area contributed by atoms with E-state index in [-0.39, 0.29) is 0 Å². The third-order valence-corrected chi connectivity index (χ3v) is 3.42. The molecule has 1 aromatic heterocycles. The molecule has 0 unspecified atom stereocenters. The number of aromatic nitrogens is 1. The molecule has 4 heteroatoms. The fourth-order valence-corrected chi connectivity index (χ4v) is 2.29. The Morgan fingerprint density at radius 2 is 1.95 bits per heavy atom. The van der Waals surface area contributed by atoms with E-state index < -0.39 is 0 Å². The zero-order valence-corrected chi connectivity index (χ0v) is 13.6. The molecule has 0 aliphatic carbocycles. The van der Waals surface area contributed by atoms with Gasteiger partial charge in [0.15, 0.2) is 0 Å². The van der Waals surface area contributed by atoms with Crippen molar-refractivity contribution in [2.75, 3.05) is 11.9 Å². The van der Waals surface area contributed by atoms with Gasteiger partial charge in [0, 0.05) is 31.2 Å². The molecule has 1 aromatic carbocycles. The van der Waals surface area contributed by atoms with E-state index >= 15 is 0 Å². The first-order valence-corrected chi connectivity index (χ1v) is 7.57. The first-order chi connectivity index (χ1) is 10.0. The summed E-state index contributed by atoms with van der Waals surface area (Å²) in [4.78, 5) is 6.82. The normalized spacial score (nSPS) is 10.9. The van der Waals surface area contributed by atoms with Crippen molar-refractivity contribution in [2.24, 2.45) is 0 Å². The molecule has 0 aliphatic heterocycles. The molecule has 0 saturated heterocycles.